The van der Waals surface area contributed by atoms with Crippen molar-refractivity contribution in [3.05, 3.63) is 67.2 Å². The van der Waals surface area contributed by atoms with E-state index in [-0.39, 0.29) is 5.91 Å². The van der Waals surface area contributed by atoms with E-state index in [1.807, 2.05) is 6.07 Å². The summed E-state index contributed by atoms with van der Waals surface area (Å²) in [6.45, 7) is 0. The number of benzene rings is 1. The molecule has 9 heteroatoms. The van der Waals surface area contributed by atoms with Crippen LogP contribution in [0.2, 0.25) is 0 Å². The molecule has 0 saturated heterocycles. The molecule has 3 aromatic heterocycles. The predicted molar refractivity (Wildman–Crippen MR) is 86.8 cm³/mol. The van der Waals surface area contributed by atoms with Gasteiger partial charge in [0, 0.05) is 17.4 Å². The maximum atomic E-state index is 12.7. The van der Waals surface area contributed by atoms with E-state index in [4.69, 9.17) is 4.42 Å². The second kappa shape index (κ2) is 6.32. The van der Waals surface area contributed by atoms with Crippen molar-refractivity contribution in [2.75, 3.05) is 5.32 Å². The van der Waals surface area contributed by atoms with Crippen molar-refractivity contribution < 1.29 is 9.21 Å². The van der Waals surface area contributed by atoms with Crippen LogP contribution >= 0.6 is 0 Å². The van der Waals surface area contributed by atoms with Crippen LogP contribution in [0.15, 0.2) is 66.1 Å². The molecule has 0 aliphatic heterocycles. The quantitative estimate of drug-likeness (QED) is 0.607. The largest absolute Gasteiger partial charge is 0.423 e. The second-order valence-corrected chi connectivity index (χ2v) is 4.99. The first-order valence-electron chi connectivity index (χ1n) is 7.29. The molecule has 0 atom stereocenters. The molecule has 0 fully saturated rings. The topological polar surface area (TPSA) is 112 Å². The number of nitrogens with zero attached hydrogens (tertiary/aromatic N) is 6. The van der Waals surface area contributed by atoms with Crippen LogP contribution in [0.1, 0.15) is 10.4 Å². The van der Waals surface area contributed by atoms with Crippen molar-refractivity contribution >= 4 is 11.6 Å². The number of carbonyl (C=O) groups excluding carboxylic acids is 1. The van der Waals surface area contributed by atoms with Gasteiger partial charge in [-0.2, -0.15) is 5.10 Å². The molecule has 9 nitrogen and oxygen atoms in total. The maximum absolute atomic E-state index is 12.7. The van der Waals surface area contributed by atoms with Crippen LogP contribution in [0.3, 0.4) is 0 Å². The molecule has 0 aliphatic carbocycles. The summed E-state index contributed by atoms with van der Waals surface area (Å²) in [5, 5.41) is 14.4. The zero-order chi connectivity index (χ0) is 17.1. The van der Waals surface area contributed by atoms with E-state index in [9.17, 15) is 4.79 Å². The molecule has 0 bridgehead atoms. The fraction of sp³-hybridized carbons (Fsp3) is 0. The summed E-state index contributed by atoms with van der Waals surface area (Å²) in [5.74, 6) is 0.451. The van der Waals surface area contributed by atoms with E-state index in [0.29, 0.717) is 28.5 Å². The number of pyridine rings is 1. The van der Waals surface area contributed by atoms with E-state index >= 15 is 0 Å². The van der Waals surface area contributed by atoms with Crippen LogP contribution in [0, 0.1) is 0 Å². The zero-order valence-electron chi connectivity index (χ0n) is 12.8. The molecule has 0 radical (unpaired) electrons. The smallest absolute Gasteiger partial charge is 0.259 e. The Kier molecular flexibility index (Phi) is 3.71. The Bertz CT molecular complexity index is 997. The van der Waals surface area contributed by atoms with E-state index in [1.165, 1.54) is 23.7 Å². The van der Waals surface area contributed by atoms with Gasteiger partial charge in [0.25, 0.3) is 5.91 Å². The second-order valence-electron chi connectivity index (χ2n) is 4.99. The lowest BCUT2D eigenvalue weighted by Gasteiger charge is -2.09. The first kappa shape index (κ1) is 14.7. The maximum Gasteiger partial charge on any atom is 0.259 e. The summed E-state index contributed by atoms with van der Waals surface area (Å²) in [4.78, 5) is 20.8. The van der Waals surface area contributed by atoms with Gasteiger partial charge in [0.05, 0.1) is 5.56 Å². The third-order valence-corrected chi connectivity index (χ3v) is 3.39. The summed E-state index contributed by atoms with van der Waals surface area (Å²) in [6.07, 6.45) is 5.70. The lowest BCUT2D eigenvalue weighted by molar-refractivity contribution is 0.102. The van der Waals surface area contributed by atoms with Crippen molar-refractivity contribution in [1.29, 1.82) is 0 Å². The summed E-state index contributed by atoms with van der Waals surface area (Å²) in [7, 11) is 0. The van der Waals surface area contributed by atoms with Gasteiger partial charge in [-0.3, -0.25) is 4.79 Å². The van der Waals surface area contributed by atoms with Crippen LogP contribution in [-0.4, -0.2) is 35.9 Å². The van der Waals surface area contributed by atoms with Crippen LogP contribution in [0.4, 0.5) is 5.69 Å². The molecule has 1 aromatic carbocycles. The van der Waals surface area contributed by atoms with Crippen molar-refractivity contribution in [2.24, 2.45) is 0 Å². The highest BCUT2D eigenvalue weighted by Crippen LogP contribution is 2.21. The van der Waals surface area contributed by atoms with E-state index in [0.717, 1.165) is 0 Å². The number of hydrogen-bond donors (Lipinski definition) is 1. The molecule has 0 aliphatic rings. The highest BCUT2D eigenvalue weighted by Gasteiger charge is 2.15. The van der Waals surface area contributed by atoms with Gasteiger partial charge in [-0.15, -0.1) is 10.2 Å². The summed E-state index contributed by atoms with van der Waals surface area (Å²) >= 11 is 0. The zero-order valence-corrected chi connectivity index (χ0v) is 12.8. The average Bonchev–Trinajstić information content (AvgIpc) is 3.36. The molecule has 122 valence electrons. The fourth-order valence-corrected chi connectivity index (χ4v) is 2.30. The first-order valence-corrected chi connectivity index (χ1v) is 7.29. The fourth-order valence-electron chi connectivity index (χ4n) is 2.30. The Morgan fingerprint density at radius 1 is 1.20 bits per heavy atom. The molecule has 3 heterocycles. The third kappa shape index (κ3) is 2.98. The van der Waals surface area contributed by atoms with Gasteiger partial charge < -0.3 is 9.73 Å². The Labute approximate surface area is 141 Å². The monoisotopic (exact) mass is 333 g/mol. The van der Waals surface area contributed by atoms with Gasteiger partial charge in [-0.1, -0.05) is 6.07 Å². The Hall–Kier alpha value is -3.88. The number of aromatic nitrogens is 6. The molecule has 4 rings (SSSR count). The molecule has 1 N–H and O–H groups in total. The Balaban J connectivity index is 1.63. The van der Waals surface area contributed by atoms with Crippen molar-refractivity contribution in [3.63, 3.8) is 0 Å². The molecule has 0 spiro atoms. The van der Waals surface area contributed by atoms with Gasteiger partial charge in [0.1, 0.15) is 12.7 Å². The average molecular weight is 333 g/mol. The number of rotatable bonds is 4. The van der Waals surface area contributed by atoms with Crippen LogP contribution in [-0.2, 0) is 0 Å². The first-order chi connectivity index (χ1) is 12.3. The minimum Gasteiger partial charge on any atom is -0.423 e. The molecular formula is C16H11N7O2. The number of nitrogens with one attached hydrogen (secondary N) is 1. The molecule has 25 heavy (non-hydrogen) atoms. The highest BCUT2D eigenvalue weighted by molar-refractivity contribution is 6.06. The Morgan fingerprint density at radius 2 is 2.16 bits per heavy atom. The van der Waals surface area contributed by atoms with E-state index < -0.39 is 0 Å². The molecule has 0 saturated carbocycles. The molecule has 0 unspecified atom stereocenters. The van der Waals surface area contributed by atoms with Crippen molar-refractivity contribution in [2.45, 2.75) is 0 Å². The summed E-state index contributed by atoms with van der Waals surface area (Å²) in [5.41, 5.74) is 1.67. The predicted octanol–water partition coefficient (Wildman–Crippen LogP) is 1.96. The normalized spacial score (nSPS) is 10.6. The molecule has 4 aromatic rings. The van der Waals surface area contributed by atoms with Crippen molar-refractivity contribution in [1.82, 2.24) is 29.9 Å². The number of hydrogen-bond acceptors (Lipinski definition) is 7. The lowest BCUT2D eigenvalue weighted by Crippen LogP contribution is -2.16. The van der Waals surface area contributed by atoms with Gasteiger partial charge in [0.15, 0.2) is 5.82 Å². The number of carbonyl (C=O) groups is 1. The van der Waals surface area contributed by atoms with Crippen molar-refractivity contribution in [3.8, 4) is 17.3 Å². The van der Waals surface area contributed by atoms with Crippen LogP contribution in [0.25, 0.3) is 17.3 Å². The molecule has 1 amide bonds. The van der Waals surface area contributed by atoms with Gasteiger partial charge in [-0.25, -0.2) is 14.6 Å². The minimum absolute atomic E-state index is 0.318. The van der Waals surface area contributed by atoms with E-state index in [2.05, 4.69) is 30.6 Å². The Morgan fingerprint density at radius 3 is 2.96 bits per heavy atom. The van der Waals surface area contributed by atoms with Gasteiger partial charge in [0.2, 0.25) is 12.3 Å². The van der Waals surface area contributed by atoms with Gasteiger partial charge in [-0.05, 0) is 30.3 Å². The molecular weight excluding hydrogens is 322 g/mol. The highest BCUT2D eigenvalue weighted by atomic mass is 16.4. The summed E-state index contributed by atoms with van der Waals surface area (Å²) < 4.78 is 6.60. The lowest BCUT2D eigenvalue weighted by atomic mass is 10.2. The van der Waals surface area contributed by atoms with Crippen LogP contribution in [0.5, 0.6) is 0 Å². The van der Waals surface area contributed by atoms with Crippen LogP contribution < -0.4 is 5.32 Å². The SMILES string of the molecule is O=C(Nc1cccc(-c2nnco2)c1)c1cccnc1-n1cncn1. The van der Waals surface area contributed by atoms with E-state index in [1.54, 1.807) is 36.5 Å². The summed E-state index contributed by atoms with van der Waals surface area (Å²) in [6, 6.07) is 10.5. The number of anilines is 1. The minimum atomic E-state index is -0.318. The standard InChI is InChI=1S/C16H11N7O2/c24-15(13-5-2-6-18-14(13)23-9-17-8-20-23)21-12-4-1-3-11(7-12)16-22-19-10-25-16/h1-10H,(H,21,24). The third-order valence-electron chi connectivity index (χ3n) is 3.39. The number of amides is 1. The van der Waals surface area contributed by atoms with Gasteiger partial charge >= 0.3 is 0 Å².